The van der Waals surface area contributed by atoms with Gasteiger partial charge in [-0.15, -0.1) is 0 Å². The number of halogens is 1. The first-order valence-corrected chi connectivity index (χ1v) is 11.5. The molecule has 154 valence electrons. The first-order valence-electron chi connectivity index (χ1n) is 9.21. The maximum absolute atomic E-state index is 11.5. The Bertz CT molecular complexity index is 1200. The van der Waals surface area contributed by atoms with Crippen molar-refractivity contribution in [1.29, 1.82) is 0 Å². The van der Waals surface area contributed by atoms with Gasteiger partial charge >= 0.3 is 59.1 Å². The zero-order chi connectivity index (χ0) is 21.3. The predicted octanol–water partition coefficient (Wildman–Crippen LogP) is -0.438. The molecule has 0 amide bonds. The first kappa shape index (κ1) is 27.6. The zero-order valence-corrected chi connectivity index (χ0v) is 24.5. The monoisotopic (exact) mass is 530 g/mol. The van der Waals surface area contributed by atoms with Gasteiger partial charge in [0.2, 0.25) is 0 Å². The van der Waals surface area contributed by atoms with Crippen LogP contribution >= 0.6 is 15.9 Å². The van der Waals surface area contributed by atoms with Crippen LogP contribution in [0.5, 0.6) is 5.75 Å². The van der Waals surface area contributed by atoms with E-state index in [0.717, 1.165) is 32.7 Å². The number of ether oxygens (including phenoxy) is 1. The molecule has 1 N–H and O–H groups in total. The summed E-state index contributed by atoms with van der Waals surface area (Å²) < 4.78 is 29.3. The van der Waals surface area contributed by atoms with E-state index < -0.39 is 10.0 Å². The summed E-state index contributed by atoms with van der Waals surface area (Å²) in [5.41, 5.74) is 3.74. The maximum Gasteiger partial charge on any atom is 1.00 e. The molecule has 1 aliphatic heterocycles. The molecule has 0 bridgehead atoms. The third-order valence-corrected chi connectivity index (χ3v) is 6.40. The van der Waals surface area contributed by atoms with Crippen molar-refractivity contribution >= 4 is 37.4 Å². The molecule has 0 spiro atoms. The van der Waals surface area contributed by atoms with E-state index in [9.17, 15) is 8.42 Å². The van der Waals surface area contributed by atoms with E-state index in [0.29, 0.717) is 6.42 Å². The normalized spacial score (nSPS) is 15.4. The number of benzene rings is 3. The van der Waals surface area contributed by atoms with Crippen LogP contribution in [-0.4, -0.2) is 21.2 Å². The molecule has 0 saturated carbocycles. The number of rotatable bonds is 5. The Morgan fingerprint density at radius 2 is 1.69 bits per heavy atom. The summed E-state index contributed by atoms with van der Waals surface area (Å²) in [5.74, 6) is 0.763. The minimum absolute atomic E-state index is 0. The van der Waals surface area contributed by atoms with E-state index in [1.54, 1.807) is 19.2 Å². The second kappa shape index (κ2) is 11.6. The summed E-state index contributed by atoms with van der Waals surface area (Å²) in [5, 5.41) is 14.0. The van der Waals surface area contributed by atoms with Gasteiger partial charge in [0.25, 0.3) is 0 Å². The molecule has 1 aliphatic rings. The van der Waals surface area contributed by atoms with Crippen LogP contribution in [0.15, 0.2) is 87.3 Å². The van der Waals surface area contributed by atoms with Gasteiger partial charge in [-0.05, 0) is 54.1 Å². The van der Waals surface area contributed by atoms with Gasteiger partial charge in [0.15, 0.2) is 0 Å². The standard InChI is InChI=1S/C22H19BrN3O3S.2Na/c1-29-19-4-2-3-16(13-19)21-14-22(15-5-7-17(23)8-6-15)26(25-21)18-9-11-20(12-10-18)30(24,27)28;;/h2-13,22H,14H2,1H3,(H-,24,27,28);;/q-1;2*+1/t22-;;/m0../s1. The summed E-state index contributed by atoms with van der Waals surface area (Å²) in [4.78, 5) is -0.0392. The zero-order valence-electron chi connectivity index (χ0n) is 18.1. The largest absolute Gasteiger partial charge is 1.00 e. The summed E-state index contributed by atoms with van der Waals surface area (Å²) in [6.07, 6.45) is 0.688. The first-order chi connectivity index (χ1) is 14.3. The third-order valence-electron chi connectivity index (χ3n) is 4.98. The van der Waals surface area contributed by atoms with Crippen molar-refractivity contribution in [3.8, 4) is 5.75 Å². The number of hydrogen-bond acceptors (Lipinski definition) is 5. The number of methoxy groups -OCH3 is 1. The van der Waals surface area contributed by atoms with Crippen LogP contribution in [0.4, 0.5) is 5.69 Å². The molecule has 10 heteroatoms. The molecule has 0 fully saturated rings. The van der Waals surface area contributed by atoms with E-state index in [2.05, 4.69) is 28.1 Å². The van der Waals surface area contributed by atoms with E-state index >= 15 is 0 Å². The molecule has 32 heavy (non-hydrogen) atoms. The Hall–Kier alpha value is -0.680. The molecule has 1 heterocycles. The third kappa shape index (κ3) is 6.25. The van der Waals surface area contributed by atoms with Crippen LogP contribution in [0.3, 0.4) is 0 Å². The summed E-state index contributed by atoms with van der Waals surface area (Å²) in [6.45, 7) is 0. The van der Waals surface area contributed by atoms with Gasteiger partial charge in [0.1, 0.15) is 5.75 Å². The second-order valence-corrected chi connectivity index (χ2v) is 9.29. The molecule has 0 radical (unpaired) electrons. The predicted molar refractivity (Wildman–Crippen MR) is 121 cm³/mol. The van der Waals surface area contributed by atoms with Gasteiger partial charge in [-0.1, -0.05) is 40.2 Å². The van der Waals surface area contributed by atoms with E-state index in [1.165, 1.54) is 12.1 Å². The van der Waals surface area contributed by atoms with Crippen LogP contribution in [0.1, 0.15) is 23.6 Å². The molecule has 0 aromatic heterocycles. The van der Waals surface area contributed by atoms with Crippen molar-refractivity contribution in [2.24, 2.45) is 5.10 Å². The molecule has 3 aromatic rings. The fraction of sp³-hybridized carbons (Fsp3) is 0.136. The maximum atomic E-state index is 11.5. The van der Waals surface area contributed by atoms with Crippen LogP contribution in [-0.2, 0) is 10.0 Å². The Labute approximate surface area is 241 Å². The number of anilines is 1. The fourth-order valence-electron chi connectivity index (χ4n) is 3.45. The molecular weight excluding hydrogens is 512 g/mol. The van der Waals surface area contributed by atoms with Crippen molar-refractivity contribution in [3.05, 3.63) is 93.5 Å². The molecule has 0 aliphatic carbocycles. The van der Waals surface area contributed by atoms with Crippen molar-refractivity contribution in [3.63, 3.8) is 0 Å². The minimum atomic E-state index is -4.00. The summed E-state index contributed by atoms with van der Waals surface area (Å²) in [6, 6.07) is 22.1. The van der Waals surface area contributed by atoms with E-state index in [4.69, 9.17) is 15.0 Å². The van der Waals surface area contributed by atoms with Crippen molar-refractivity contribution < 1.29 is 72.3 Å². The molecule has 4 rings (SSSR count). The summed E-state index contributed by atoms with van der Waals surface area (Å²) >= 11 is 3.47. The molecule has 0 saturated heterocycles. The van der Waals surface area contributed by atoms with Crippen LogP contribution in [0.25, 0.3) is 5.14 Å². The van der Waals surface area contributed by atoms with E-state index in [1.807, 2.05) is 41.4 Å². The number of nitrogens with zero attached hydrogens (tertiary/aromatic N) is 2. The smallest absolute Gasteiger partial charge is 0.560 e. The number of sulfonamides is 1. The van der Waals surface area contributed by atoms with Gasteiger partial charge in [-0.3, -0.25) is 5.01 Å². The number of hydrogen-bond donors (Lipinski definition) is 0. The van der Waals surface area contributed by atoms with Crippen molar-refractivity contribution in [2.45, 2.75) is 17.4 Å². The Balaban J connectivity index is 0.00000181. The average Bonchev–Trinajstić information content (AvgIpc) is 3.19. The molecule has 0 unspecified atom stereocenters. The van der Waals surface area contributed by atoms with Crippen LogP contribution in [0, 0.1) is 0 Å². The van der Waals surface area contributed by atoms with Crippen molar-refractivity contribution in [2.75, 3.05) is 12.1 Å². The molecule has 3 aromatic carbocycles. The molecule has 6 nitrogen and oxygen atoms in total. The fourth-order valence-corrected chi connectivity index (χ4v) is 4.21. The summed E-state index contributed by atoms with van der Waals surface area (Å²) in [7, 11) is -2.37. The average molecular weight is 531 g/mol. The van der Waals surface area contributed by atoms with Gasteiger partial charge in [0.05, 0.1) is 34.6 Å². The Kier molecular flexibility index (Phi) is 10.0. The van der Waals surface area contributed by atoms with Gasteiger partial charge in [0, 0.05) is 21.4 Å². The van der Waals surface area contributed by atoms with Gasteiger partial charge < -0.3 is 9.88 Å². The number of hydrazone groups is 1. The quantitative estimate of drug-likeness (QED) is 0.419. The second-order valence-electron chi connectivity index (χ2n) is 6.89. The SMILES string of the molecule is COc1cccc(C2=NN(c3ccc(S([NH-])(=O)=O)cc3)[C@H](c3ccc(Br)cc3)C2)c1.[Na+].[Na+]. The Morgan fingerprint density at radius 3 is 2.28 bits per heavy atom. The van der Waals surface area contributed by atoms with Crippen LogP contribution < -0.4 is 68.9 Å². The number of nitrogens with one attached hydrogen (secondary N) is 1. The Morgan fingerprint density at radius 1 is 1.03 bits per heavy atom. The minimum Gasteiger partial charge on any atom is -0.560 e. The molecular formula is C22H19BrN3Na2O3S+. The topological polar surface area (TPSA) is 82.8 Å². The van der Waals surface area contributed by atoms with Crippen LogP contribution in [0.2, 0.25) is 0 Å². The molecule has 1 atom stereocenters. The van der Waals surface area contributed by atoms with Gasteiger partial charge in [-0.25, -0.2) is 8.42 Å². The van der Waals surface area contributed by atoms with Gasteiger partial charge in [-0.2, -0.15) is 5.10 Å². The van der Waals surface area contributed by atoms with E-state index in [-0.39, 0.29) is 70.1 Å². The van der Waals surface area contributed by atoms with Crippen molar-refractivity contribution in [1.82, 2.24) is 0 Å².